The van der Waals surface area contributed by atoms with Gasteiger partial charge in [-0.1, -0.05) is 62.2 Å². The molecule has 1 rings (SSSR count). The Hall–Kier alpha value is 0.140. The van der Waals surface area contributed by atoms with Crippen molar-refractivity contribution >= 4 is 31.9 Å². The summed E-state index contributed by atoms with van der Waals surface area (Å²) in [6.07, 6.45) is -0.371. The molecule has 0 fully saturated rings. The summed E-state index contributed by atoms with van der Waals surface area (Å²) in [5.41, 5.74) is 1.17. The molecule has 0 aliphatic carbocycles. The van der Waals surface area contributed by atoms with Gasteiger partial charge in [-0.25, -0.2) is 0 Å². The first-order valence-electron chi connectivity index (χ1n) is 4.14. The van der Waals surface area contributed by atoms with E-state index in [0.717, 1.165) is 0 Å². The molecule has 0 bridgehead atoms. The third kappa shape index (κ3) is 3.08. The van der Waals surface area contributed by atoms with Crippen molar-refractivity contribution in [2.45, 2.75) is 22.7 Å². The Labute approximate surface area is 95.4 Å². The molecule has 13 heavy (non-hydrogen) atoms. The maximum absolute atomic E-state index is 9.38. The van der Waals surface area contributed by atoms with Crippen molar-refractivity contribution < 1.29 is 5.11 Å². The zero-order chi connectivity index (χ0) is 9.84. The van der Waals surface area contributed by atoms with Crippen LogP contribution in [0.2, 0.25) is 0 Å². The highest BCUT2D eigenvalue weighted by atomic mass is 79.9. The third-order valence-corrected chi connectivity index (χ3v) is 4.96. The lowest BCUT2D eigenvalue weighted by molar-refractivity contribution is 0.192. The van der Waals surface area contributed by atoms with Gasteiger partial charge in [0.05, 0.1) is 15.8 Å². The number of benzene rings is 1. The molecular formula is C10H12Br2O. The average Bonchev–Trinajstić information content (AvgIpc) is 2.17. The predicted octanol–water partition coefficient (Wildman–Crippen LogP) is 3.27. The van der Waals surface area contributed by atoms with Crippen LogP contribution in [0.1, 0.15) is 17.3 Å². The Morgan fingerprint density at radius 1 is 1.15 bits per heavy atom. The van der Waals surface area contributed by atoms with Crippen molar-refractivity contribution in [2.75, 3.05) is 0 Å². The van der Waals surface area contributed by atoms with Crippen LogP contribution in [0.3, 0.4) is 0 Å². The van der Waals surface area contributed by atoms with Gasteiger partial charge in [-0.2, -0.15) is 0 Å². The van der Waals surface area contributed by atoms with Crippen molar-refractivity contribution in [1.82, 2.24) is 0 Å². The molecule has 3 unspecified atom stereocenters. The number of aliphatic hydroxyl groups is 1. The molecule has 0 aromatic heterocycles. The van der Waals surface area contributed by atoms with Crippen LogP contribution in [-0.2, 0) is 0 Å². The minimum atomic E-state index is -0.371. The lowest BCUT2D eigenvalue weighted by atomic mass is 10.1. The van der Waals surface area contributed by atoms with Gasteiger partial charge >= 0.3 is 0 Å². The van der Waals surface area contributed by atoms with Gasteiger partial charge < -0.3 is 5.11 Å². The van der Waals surface area contributed by atoms with Gasteiger partial charge in [0.15, 0.2) is 0 Å². The first-order chi connectivity index (χ1) is 6.13. The highest BCUT2D eigenvalue weighted by Gasteiger charge is 2.21. The average molecular weight is 308 g/mol. The quantitative estimate of drug-likeness (QED) is 0.850. The fourth-order valence-electron chi connectivity index (χ4n) is 1.07. The molecule has 0 spiro atoms. The molecule has 0 aliphatic heterocycles. The summed E-state index contributed by atoms with van der Waals surface area (Å²) in [4.78, 5) is 0.184. The van der Waals surface area contributed by atoms with E-state index in [4.69, 9.17) is 0 Å². The van der Waals surface area contributed by atoms with Crippen LogP contribution in [0.25, 0.3) is 0 Å². The Morgan fingerprint density at radius 2 is 1.69 bits per heavy atom. The highest BCUT2D eigenvalue weighted by Crippen LogP contribution is 2.32. The zero-order valence-corrected chi connectivity index (χ0v) is 10.5. The maximum Gasteiger partial charge on any atom is 0.0651 e. The molecule has 0 aliphatic rings. The Morgan fingerprint density at radius 3 is 2.15 bits per heavy atom. The summed E-state index contributed by atoms with van der Waals surface area (Å²) < 4.78 is 0. The predicted molar refractivity (Wildman–Crippen MR) is 62.5 cm³/mol. The van der Waals surface area contributed by atoms with Gasteiger partial charge in [0, 0.05) is 0 Å². The SMILES string of the molecule is CC(O)C(Br)C(Br)c1ccccc1. The number of alkyl halides is 2. The molecule has 72 valence electrons. The van der Waals surface area contributed by atoms with Crippen LogP contribution >= 0.6 is 31.9 Å². The summed E-state index contributed by atoms with van der Waals surface area (Å²) >= 11 is 6.99. The summed E-state index contributed by atoms with van der Waals surface area (Å²) in [5, 5.41) is 9.38. The van der Waals surface area contributed by atoms with Gasteiger partial charge in [-0.3, -0.25) is 0 Å². The second-order valence-electron chi connectivity index (χ2n) is 3.00. The van der Waals surface area contributed by atoms with E-state index in [0.29, 0.717) is 0 Å². The molecule has 0 radical (unpaired) electrons. The Kier molecular flexibility index (Phi) is 4.42. The molecule has 3 heteroatoms. The van der Waals surface area contributed by atoms with Crippen molar-refractivity contribution in [3.8, 4) is 0 Å². The summed E-state index contributed by atoms with van der Waals surface area (Å²) in [6, 6.07) is 10.0. The monoisotopic (exact) mass is 306 g/mol. The van der Waals surface area contributed by atoms with Crippen molar-refractivity contribution in [3.05, 3.63) is 35.9 Å². The van der Waals surface area contributed by atoms with Gasteiger partial charge in [-0.15, -0.1) is 0 Å². The van der Waals surface area contributed by atoms with E-state index in [-0.39, 0.29) is 15.8 Å². The molecule has 1 nitrogen and oxygen atoms in total. The third-order valence-electron chi connectivity index (χ3n) is 1.86. The number of aliphatic hydroxyl groups excluding tert-OH is 1. The fourth-order valence-corrected chi connectivity index (χ4v) is 2.12. The largest absolute Gasteiger partial charge is 0.392 e. The molecule has 0 saturated carbocycles. The summed E-state index contributed by atoms with van der Waals surface area (Å²) in [5.74, 6) is 0. The molecule has 0 saturated heterocycles. The fraction of sp³-hybridized carbons (Fsp3) is 0.400. The van der Waals surface area contributed by atoms with E-state index in [1.807, 2.05) is 30.3 Å². The van der Waals surface area contributed by atoms with Crippen molar-refractivity contribution in [3.63, 3.8) is 0 Å². The normalized spacial score (nSPS) is 17.8. The van der Waals surface area contributed by atoms with E-state index in [1.54, 1.807) is 6.92 Å². The standard InChI is InChI=1S/C10H12Br2O/c1-7(13)9(11)10(12)8-5-3-2-4-6-8/h2-7,9-10,13H,1H3. The van der Waals surface area contributed by atoms with Gasteiger partial charge in [-0.05, 0) is 12.5 Å². The first kappa shape index (κ1) is 11.2. The highest BCUT2D eigenvalue weighted by molar-refractivity contribution is 9.12. The van der Waals surface area contributed by atoms with Crippen LogP contribution in [0.15, 0.2) is 30.3 Å². The number of hydrogen-bond acceptors (Lipinski definition) is 1. The molecule has 0 amide bonds. The Bertz CT molecular complexity index is 248. The second-order valence-corrected chi connectivity index (χ2v) is 5.04. The number of hydrogen-bond donors (Lipinski definition) is 1. The Balaban J connectivity index is 2.73. The van der Waals surface area contributed by atoms with Crippen LogP contribution in [0.4, 0.5) is 0 Å². The number of halogens is 2. The van der Waals surface area contributed by atoms with Gasteiger partial charge in [0.1, 0.15) is 0 Å². The molecule has 0 heterocycles. The van der Waals surface area contributed by atoms with Crippen LogP contribution in [0.5, 0.6) is 0 Å². The van der Waals surface area contributed by atoms with E-state index in [2.05, 4.69) is 31.9 Å². The molecule has 1 aromatic rings. The van der Waals surface area contributed by atoms with Gasteiger partial charge in [0.2, 0.25) is 0 Å². The van der Waals surface area contributed by atoms with Crippen LogP contribution in [-0.4, -0.2) is 16.0 Å². The lowest BCUT2D eigenvalue weighted by Gasteiger charge is -2.19. The zero-order valence-electron chi connectivity index (χ0n) is 7.32. The number of rotatable bonds is 3. The van der Waals surface area contributed by atoms with Crippen LogP contribution in [0, 0.1) is 0 Å². The van der Waals surface area contributed by atoms with Crippen molar-refractivity contribution in [1.29, 1.82) is 0 Å². The molecule has 3 atom stereocenters. The van der Waals surface area contributed by atoms with Crippen LogP contribution < -0.4 is 0 Å². The van der Waals surface area contributed by atoms with E-state index < -0.39 is 0 Å². The molecular weight excluding hydrogens is 296 g/mol. The lowest BCUT2D eigenvalue weighted by Crippen LogP contribution is -2.20. The van der Waals surface area contributed by atoms with E-state index >= 15 is 0 Å². The minimum absolute atomic E-state index is 0.0369. The second kappa shape index (κ2) is 5.13. The maximum atomic E-state index is 9.38. The first-order valence-corrected chi connectivity index (χ1v) is 5.97. The molecule has 1 N–H and O–H groups in total. The minimum Gasteiger partial charge on any atom is -0.392 e. The van der Waals surface area contributed by atoms with Gasteiger partial charge in [0.25, 0.3) is 0 Å². The molecule has 1 aromatic carbocycles. The topological polar surface area (TPSA) is 20.2 Å². The van der Waals surface area contributed by atoms with Crippen molar-refractivity contribution in [2.24, 2.45) is 0 Å². The van der Waals surface area contributed by atoms with E-state index in [9.17, 15) is 5.11 Å². The summed E-state index contributed by atoms with van der Waals surface area (Å²) in [7, 11) is 0. The smallest absolute Gasteiger partial charge is 0.0651 e. The summed E-state index contributed by atoms with van der Waals surface area (Å²) in [6.45, 7) is 1.77. The van der Waals surface area contributed by atoms with E-state index in [1.165, 1.54) is 5.56 Å².